The smallest absolute Gasteiger partial charge is 0.232 e. The maximum absolute atomic E-state index is 11.6. The van der Waals surface area contributed by atoms with E-state index in [2.05, 4.69) is 12.1 Å². The number of rotatable bonds is 5. The molecule has 0 saturated heterocycles. The highest BCUT2D eigenvalue weighted by molar-refractivity contribution is 7.98. The molecule has 0 aliphatic rings. The van der Waals surface area contributed by atoms with Crippen molar-refractivity contribution in [2.75, 3.05) is 6.26 Å². The molecule has 0 aliphatic carbocycles. The van der Waals surface area contributed by atoms with Crippen LogP contribution in [0.5, 0.6) is 0 Å². The topological polar surface area (TPSA) is 78.0 Å². The molecule has 4 aromatic rings. The van der Waals surface area contributed by atoms with Crippen LogP contribution in [0.4, 0.5) is 0 Å². The van der Waals surface area contributed by atoms with Gasteiger partial charge in [-0.1, -0.05) is 35.9 Å². The fourth-order valence-electron chi connectivity index (χ4n) is 3.08. The van der Waals surface area contributed by atoms with Gasteiger partial charge in [0.1, 0.15) is 0 Å². The zero-order valence-electron chi connectivity index (χ0n) is 16.0. The second-order valence-electron chi connectivity index (χ2n) is 6.60. The summed E-state index contributed by atoms with van der Waals surface area (Å²) >= 11 is 7.70. The summed E-state index contributed by atoms with van der Waals surface area (Å²) in [4.78, 5) is 1.22. The highest BCUT2D eigenvalue weighted by Crippen LogP contribution is 2.30. The van der Waals surface area contributed by atoms with Crippen molar-refractivity contribution in [3.63, 3.8) is 0 Å². The molecule has 0 fully saturated rings. The Balaban J connectivity index is 1.85. The number of thioether (sulfide) groups is 1. The molecule has 0 aliphatic heterocycles. The average Bonchev–Trinajstić information content (AvgIpc) is 3.19. The van der Waals surface area contributed by atoms with Crippen molar-refractivity contribution in [1.29, 1.82) is 0 Å². The van der Waals surface area contributed by atoms with E-state index < -0.39 is 10.0 Å². The third-order valence-corrected chi connectivity index (χ3v) is 6.57. The third-order valence-electron chi connectivity index (χ3n) is 4.64. The Morgan fingerprint density at radius 1 is 0.900 bits per heavy atom. The average molecular weight is 456 g/mol. The van der Waals surface area contributed by atoms with Gasteiger partial charge in [0.05, 0.1) is 22.0 Å². The molecule has 0 atom stereocenters. The van der Waals surface area contributed by atoms with Crippen LogP contribution in [-0.2, 0) is 10.0 Å². The normalized spacial score (nSPS) is 11.6. The van der Waals surface area contributed by atoms with Gasteiger partial charge < -0.3 is 0 Å². The van der Waals surface area contributed by atoms with Crippen LogP contribution in [0.2, 0.25) is 5.02 Å². The lowest BCUT2D eigenvalue weighted by Gasteiger charge is -2.09. The van der Waals surface area contributed by atoms with E-state index in [9.17, 15) is 8.42 Å². The van der Waals surface area contributed by atoms with E-state index in [0.29, 0.717) is 5.02 Å². The summed E-state index contributed by atoms with van der Waals surface area (Å²) in [5, 5.41) is 10.7. The molecule has 0 spiro atoms. The number of hydrogen-bond donors (Lipinski definition) is 1. The number of aromatic nitrogens is 2. The first-order chi connectivity index (χ1) is 14.3. The SMILES string of the molecule is CSc1ccc(-c2cc(-c3ccc(Cl)cc3)nn2-c2ccc(S(N)(=O)=O)cc2)cc1. The Morgan fingerprint density at radius 2 is 1.50 bits per heavy atom. The van der Waals surface area contributed by atoms with Crippen LogP contribution in [0.15, 0.2) is 88.7 Å². The number of nitrogens with two attached hydrogens (primary N) is 1. The summed E-state index contributed by atoms with van der Waals surface area (Å²) < 4.78 is 25.0. The second-order valence-corrected chi connectivity index (χ2v) is 9.48. The Morgan fingerprint density at radius 3 is 2.07 bits per heavy atom. The van der Waals surface area contributed by atoms with Crippen molar-refractivity contribution in [1.82, 2.24) is 9.78 Å². The van der Waals surface area contributed by atoms with Crippen molar-refractivity contribution >= 4 is 33.4 Å². The number of primary sulfonamides is 1. The quantitative estimate of drug-likeness (QED) is 0.418. The highest BCUT2D eigenvalue weighted by Gasteiger charge is 2.15. The van der Waals surface area contributed by atoms with E-state index in [1.165, 1.54) is 17.0 Å². The second kappa shape index (κ2) is 8.28. The van der Waals surface area contributed by atoms with E-state index in [1.807, 2.05) is 48.7 Å². The standard InChI is InChI=1S/C22H18ClN3O2S2/c1-29-19-10-4-16(5-11-19)22-14-21(15-2-6-17(23)7-3-15)25-26(22)18-8-12-20(13-9-18)30(24,27)28/h2-14H,1H3,(H2,24,27,28). The monoisotopic (exact) mass is 455 g/mol. The summed E-state index contributed by atoms with van der Waals surface area (Å²) in [5.74, 6) is 0. The first-order valence-corrected chi connectivity index (χ1v) is 12.1. The maximum Gasteiger partial charge on any atom is 0.238 e. The Bertz CT molecular complexity index is 1280. The molecule has 8 heteroatoms. The fraction of sp³-hybridized carbons (Fsp3) is 0.0455. The lowest BCUT2D eigenvalue weighted by molar-refractivity contribution is 0.598. The Kier molecular flexibility index (Phi) is 5.71. The lowest BCUT2D eigenvalue weighted by atomic mass is 10.1. The molecule has 0 amide bonds. The number of nitrogens with zero attached hydrogens (tertiary/aromatic N) is 2. The van der Waals surface area contributed by atoms with Crippen molar-refractivity contribution in [3.05, 3.63) is 83.9 Å². The Hall–Kier alpha value is -2.58. The molecule has 30 heavy (non-hydrogen) atoms. The molecule has 4 rings (SSSR count). The van der Waals surface area contributed by atoms with Crippen molar-refractivity contribution < 1.29 is 8.42 Å². The first-order valence-electron chi connectivity index (χ1n) is 8.99. The summed E-state index contributed by atoms with van der Waals surface area (Å²) in [7, 11) is -3.76. The van der Waals surface area contributed by atoms with Crippen LogP contribution in [0.25, 0.3) is 28.2 Å². The molecule has 0 unspecified atom stereocenters. The van der Waals surface area contributed by atoms with Gasteiger partial charge >= 0.3 is 0 Å². The molecule has 0 saturated carbocycles. The van der Waals surface area contributed by atoms with Gasteiger partial charge in [-0.3, -0.25) is 0 Å². The maximum atomic E-state index is 11.6. The van der Waals surface area contributed by atoms with Gasteiger partial charge in [0, 0.05) is 21.0 Å². The molecule has 152 valence electrons. The molecule has 1 aromatic heterocycles. The van der Waals surface area contributed by atoms with Gasteiger partial charge in [0.15, 0.2) is 0 Å². The lowest BCUT2D eigenvalue weighted by Crippen LogP contribution is -2.12. The minimum atomic E-state index is -3.76. The molecule has 0 bridgehead atoms. The summed E-state index contributed by atoms with van der Waals surface area (Å²) in [6.07, 6.45) is 2.03. The third kappa shape index (κ3) is 4.29. The summed E-state index contributed by atoms with van der Waals surface area (Å²) in [6, 6.07) is 24.0. The highest BCUT2D eigenvalue weighted by atomic mass is 35.5. The molecular weight excluding hydrogens is 438 g/mol. The predicted molar refractivity (Wildman–Crippen MR) is 123 cm³/mol. The molecule has 0 radical (unpaired) electrons. The van der Waals surface area contributed by atoms with Gasteiger partial charge in [-0.2, -0.15) is 5.10 Å². The molecule has 1 heterocycles. The van der Waals surface area contributed by atoms with Gasteiger partial charge in [-0.15, -0.1) is 11.8 Å². The van der Waals surface area contributed by atoms with Gasteiger partial charge in [0.25, 0.3) is 0 Å². The first kappa shape index (κ1) is 20.7. The van der Waals surface area contributed by atoms with E-state index in [4.69, 9.17) is 21.8 Å². The van der Waals surface area contributed by atoms with Crippen LogP contribution in [0, 0.1) is 0 Å². The van der Waals surface area contributed by atoms with Gasteiger partial charge in [-0.05, 0) is 60.9 Å². The summed E-state index contributed by atoms with van der Waals surface area (Å²) in [5.41, 5.74) is 4.32. The van der Waals surface area contributed by atoms with Crippen LogP contribution in [0.1, 0.15) is 0 Å². The van der Waals surface area contributed by atoms with Crippen LogP contribution in [0.3, 0.4) is 0 Å². The van der Waals surface area contributed by atoms with E-state index in [0.717, 1.165) is 28.2 Å². The van der Waals surface area contributed by atoms with Crippen LogP contribution in [-0.4, -0.2) is 24.5 Å². The van der Waals surface area contributed by atoms with Crippen molar-refractivity contribution in [3.8, 4) is 28.2 Å². The van der Waals surface area contributed by atoms with Crippen LogP contribution < -0.4 is 5.14 Å². The largest absolute Gasteiger partial charge is 0.238 e. The predicted octanol–water partition coefficient (Wildman–Crippen LogP) is 5.23. The number of sulfonamides is 1. The van der Waals surface area contributed by atoms with Gasteiger partial charge in [-0.25, -0.2) is 18.2 Å². The van der Waals surface area contributed by atoms with E-state index >= 15 is 0 Å². The number of benzene rings is 3. The minimum Gasteiger partial charge on any atom is -0.232 e. The molecular formula is C22H18ClN3O2S2. The van der Waals surface area contributed by atoms with E-state index in [-0.39, 0.29) is 4.90 Å². The van der Waals surface area contributed by atoms with Crippen molar-refractivity contribution in [2.45, 2.75) is 9.79 Å². The molecule has 3 aromatic carbocycles. The zero-order valence-corrected chi connectivity index (χ0v) is 18.4. The number of hydrogen-bond acceptors (Lipinski definition) is 4. The fourth-order valence-corrected chi connectivity index (χ4v) is 4.13. The van der Waals surface area contributed by atoms with Crippen molar-refractivity contribution in [2.24, 2.45) is 5.14 Å². The number of halogens is 1. The molecule has 2 N–H and O–H groups in total. The Labute approximate surface area is 184 Å². The summed E-state index contributed by atoms with van der Waals surface area (Å²) in [6.45, 7) is 0. The van der Waals surface area contributed by atoms with Crippen LogP contribution >= 0.6 is 23.4 Å². The zero-order chi connectivity index (χ0) is 21.3. The van der Waals surface area contributed by atoms with Gasteiger partial charge in [0.2, 0.25) is 10.0 Å². The minimum absolute atomic E-state index is 0.0576. The molecule has 5 nitrogen and oxygen atoms in total. The van der Waals surface area contributed by atoms with E-state index in [1.54, 1.807) is 28.6 Å².